The van der Waals surface area contributed by atoms with Gasteiger partial charge in [0.2, 0.25) is 0 Å². The quantitative estimate of drug-likeness (QED) is 0.737. The Labute approximate surface area is 102 Å². The van der Waals surface area contributed by atoms with Crippen LogP contribution in [0.3, 0.4) is 0 Å². The Morgan fingerprint density at radius 2 is 2.12 bits per heavy atom. The normalized spacial score (nSPS) is 11.2. The third kappa shape index (κ3) is 2.74. The van der Waals surface area contributed by atoms with Gasteiger partial charge < -0.3 is 9.47 Å². The number of rotatable bonds is 5. The first-order valence-electron chi connectivity index (χ1n) is 5.89. The topological polar surface area (TPSA) is 25.2 Å². The van der Waals surface area contributed by atoms with Crippen molar-refractivity contribution in [2.24, 2.45) is 0 Å². The van der Waals surface area contributed by atoms with Gasteiger partial charge in [-0.2, -0.15) is 0 Å². The highest BCUT2D eigenvalue weighted by atomic mass is 16.1. The van der Waals surface area contributed by atoms with Gasteiger partial charge in [0, 0.05) is 23.8 Å². The summed E-state index contributed by atoms with van der Waals surface area (Å²) in [7, 11) is 4.16. The van der Waals surface area contributed by atoms with E-state index in [0.29, 0.717) is 0 Å². The Balaban J connectivity index is 2.19. The molecule has 0 atom stereocenters. The average molecular weight is 230 g/mol. The molecule has 0 N–H and O–H groups in total. The summed E-state index contributed by atoms with van der Waals surface area (Å²) >= 11 is 0. The van der Waals surface area contributed by atoms with Crippen molar-refractivity contribution in [2.45, 2.75) is 13.0 Å². The molecule has 90 valence electrons. The SMILES string of the molecule is CN(C)CCCn1ccc2ccc(C=O)cc21. The predicted octanol–water partition coefficient (Wildman–Crippen LogP) is 2.41. The standard InChI is InChI=1S/C14H18N2O/c1-15(2)7-3-8-16-9-6-13-5-4-12(11-17)10-14(13)16/h4-6,9-11H,3,7-8H2,1-2H3. The van der Waals surface area contributed by atoms with Gasteiger partial charge in [-0.1, -0.05) is 12.1 Å². The molecule has 2 aromatic rings. The fourth-order valence-corrected chi connectivity index (χ4v) is 2.03. The Kier molecular flexibility index (Phi) is 3.59. The van der Waals surface area contributed by atoms with Crippen molar-refractivity contribution in [3.8, 4) is 0 Å². The summed E-state index contributed by atoms with van der Waals surface area (Å²) in [6.45, 7) is 2.07. The van der Waals surface area contributed by atoms with Gasteiger partial charge in [-0.15, -0.1) is 0 Å². The molecular weight excluding hydrogens is 212 g/mol. The van der Waals surface area contributed by atoms with Gasteiger partial charge in [-0.25, -0.2) is 0 Å². The van der Waals surface area contributed by atoms with E-state index in [1.54, 1.807) is 0 Å². The maximum atomic E-state index is 10.8. The second-order valence-corrected chi connectivity index (χ2v) is 4.60. The molecule has 17 heavy (non-hydrogen) atoms. The molecule has 0 aliphatic carbocycles. The summed E-state index contributed by atoms with van der Waals surface area (Å²) in [5.41, 5.74) is 1.89. The maximum Gasteiger partial charge on any atom is 0.150 e. The second-order valence-electron chi connectivity index (χ2n) is 4.60. The lowest BCUT2D eigenvalue weighted by molar-refractivity contribution is 0.112. The number of fused-ring (bicyclic) bond motifs is 1. The number of aromatic nitrogens is 1. The summed E-state index contributed by atoms with van der Waals surface area (Å²) in [5.74, 6) is 0. The van der Waals surface area contributed by atoms with Gasteiger partial charge >= 0.3 is 0 Å². The Hall–Kier alpha value is -1.61. The van der Waals surface area contributed by atoms with Crippen LogP contribution in [0.15, 0.2) is 30.5 Å². The lowest BCUT2D eigenvalue weighted by atomic mass is 10.2. The molecular formula is C14H18N2O. The van der Waals surface area contributed by atoms with E-state index in [4.69, 9.17) is 0 Å². The highest BCUT2D eigenvalue weighted by Crippen LogP contribution is 2.17. The molecule has 0 unspecified atom stereocenters. The van der Waals surface area contributed by atoms with Crippen molar-refractivity contribution < 1.29 is 4.79 Å². The lowest BCUT2D eigenvalue weighted by Gasteiger charge is -2.10. The van der Waals surface area contributed by atoms with E-state index in [9.17, 15) is 4.79 Å². The molecule has 3 heteroatoms. The molecule has 0 spiro atoms. The van der Waals surface area contributed by atoms with E-state index in [-0.39, 0.29) is 0 Å². The van der Waals surface area contributed by atoms with E-state index in [2.05, 4.69) is 35.8 Å². The van der Waals surface area contributed by atoms with Crippen molar-refractivity contribution in [3.05, 3.63) is 36.0 Å². The van der Waals surface area contributed by atoms with Crippen molar-refractivity contribution in [1.29, 1.82) is 0 Å². The molecule has 0 aliphatic heterocycles. The molecule has 0 saturated heterocycles. The molecule has 1 heterocycles. The van der Waals surface area contributed by atoms with Crippen molar-refractivity contribution >= 4 is 17.2 Å². The highest BCUT2D eigenvalue weighted by molar-refractivity contribution is 5.87. The smallest absolute Gasteiger partial charge is 0.150 e. The molecule has 0 bridgehead atoms. The lowest BCUT2D eigenvalue weighted by Crippen LogP contribution is -2.14. The third-order valence-corrected chi connectivity index (χ3v) is 2.94. The summed E-state index contributed by atoms with van der Waals surface area (Å²) in [6, 6.07) is 7.92. The highest BCUT2D eigenvalue weighted by Gasteiger charge is 2.02. The second kappa shape index (κ2) is 5.15. The van der Waals surface area contributed by atoms with Gasteiger partial charge in [0.25, 0.3) is 0 Å². The van der Waals surface area contributed by atoms with Gasteiger partial charge in [0.15, 0.2) is 0 Å². The van der Waals surface area contributed by atoms with Crippen LogP contribution in [-0.4, -0.2) is 36.4 Å². The average Bonchev–Trinajstić information content (AvgIpc) is 2.71. The number of aldehydes is 1. The molecule has 3 nitrogen and oxygen atoms in total. The van der Waals surface area contributed by atoms with Crippen LogP contribution in [0.25, 0.3) is 10.9 Å². The Morgan fingerprint density at radius 3 is 2.82 bits per heavy atom. The molecule has 0 aliphatic rings. The number of hydrogen-bond acceptors (Lipinski definition) is 2. The summed E-state index contributed by atoms with van der Waals surface area (Å²) in [6.07, 6.45) is 4.10. The summed E-state index contributed by atoms with van der Waals surface area (Å²) < 4.78 is 2.21. The number of hydrogen-bond donors (Lipinski definition) is 0. The first kappa shape index (κ1) is 11.9. The molecule has 0 fully saturated rings. The van der Waals surface area contributed by atoms with E-state index in [0.717, 1.165) is 36.9 Å². The Morgan fingerprint density at radius 1 is 1.29 bits per heavy atom. The molecule has 0 saturated carbocycles. The van der Waals surface area contributed by atoms with Crippen LogP contribution in [0.5, 0.6) is 0 Å². The van der Waals surface area contributed by atoms with Crippen molar-refractivity contribution in [3.63, 3.8) is 0 Å². The van der Waals surface area contributed by atoms with Crippen LogP contribution in [0, 0.1) is 0 Å². The minimum Gasteiger partial charge on any atom is -0.347 e. The van der Waals surface area contributed by atoms with Gasteiger partial charge in [-0.3, -0.25) is 4.79 Å². The van der Waals surface area contributed by atoms with Crippen LogP contribution in [0.4, 0.5) is 0 Å². The molecule has 1 aromatic heterocycles. The third-order valence-electron chi connectivity index (χ3n) is 2.94. The van der Waals surface area contributed by atoms with Gasteiger partial charge in [0.05, 0.1) is 0 Å². The molecule has 2 rings (SSSR count). The minimum atomic E-state index is 0.741. The van der Waals surface area contributed by atoms with E-state index < -0.39 is 0 Å². The monoisotopic (exact) mass is 230 g/mol. The van der Waals surface area contributed by atoms with Crippen LogP contribution in [0.1, 0.15) is 16.8 Å². The zero-order chi connectivity index (χ0) is 12.3. The van der Waals surface area contributed by atoms with E-state index in [1.165, 1.54) is 5.39 Å². The Bertz CT molecular complexity index is 514. The predicted molar refractivity (Wildman–Crippen MR) is 70.5 cm³/mol. The van der Waals surface area contributed by atoms with Crippen LogP contribution >= 0.6 is 0 Å². The first-order chi connectivity index (χ1) is 8.20. The van der Waals surface area contributed by atoms with Gasteiger partial charge in [-0.05, 0) is 44.6 Å². The number of nitrogens with zero attached hydrogens (tertiary/aromatic N) is 2. The first-order valence-corrected chi connectivity index (χ1v) is 5.89. The summed E-state index contributed by atoms with van der Waals surface area (Å²) in [5, 5.41) is 1.19. The number of carbonyl (C=O) groups excluding carboxylic acids is 1. The number of aryl methyl sites for hydroxylation is 1. The zero-order valence-corrected chi connectivity index (χ0v) is 10.4. The van der Waals surface area contributed by atoms with E-state index in [1.807, 2.05) is 18.2 Å². The van der Waals surface area contributed by atoms with Crippen molar-refractivity contribution in [2.75, 3.05) is 20.6 Å². The molecule has 0 radical (unpaired) electrons. The zero-order valence-electron chi connectivity index (χ0n) is 10.4. The fraction of sp³-hybridized carbons (Fsp3) is 0.357. The van der Waals surface area contributed by atoms with E-state index >= 15 is 0 Å². The van der Waals surface area contributed by atoms with Crippen LogP contribution in [-0.2, 0) is 6.54 Å². The maximum absolute atomic E-state index is 10.8. The van der Waals surface area contributed by atoms with Gasteiger partial charge in [0.1, 0.15) is 6.29 Å². The summed E-state index contributed by atoms with van der Waals surface area (Å²) in [4.78, 5) is 13.0. The van der Waals surface area contributed by atoms with Crippen molar-refractivity contribution in [1.82, 2.24) is 9.47 Å². The fourth-order valence-electron chi connectivity index (χ4n) is 2.03. The largest absolute Gasteiger partial charge is 0.347 e. The minimum absolute atomic E-state index is 0.741. The van der Waals surface area contributed by atoms with Crippen LogP contribution in [0.2, 0.25) is 0 Å². The van der Waals surface area contributed by atoms with Crippen LogP contribution < -0.4 is 0 Å². The molecule has 0 amide bonds. The number of benzene rings is 1. The molecule has 1 aromatic carbocycles. The number of carbonyl (C=O) groups is 1.